The minimum absolute atomic E-state index is 0.125. The number of nitrogens with zero attached hydrogens (tertiary/aromatic N) is 4. The van der Waals surface area contributed by atoms with Gasteiger partial charge >= 0.3 is 0 Å². The van der Waals surface area contributed by atoms with Gasteiger partial charge in [-0.1, -0.05) is 32.0 Å². The maximum absolute atomic E-state index is 12.3. The summed E-state index contributed by atoms with van der Waals surface area (Å²) in [6, 6.07) is 12.0. The molecule has 8 heteroatoms. The summed E-state index contributed by atoms with van der Waals surface area (Å²) in [5.41, 5.74) is 5.35. The van der Waals surface area contributed by atoms with Crippen LogP contribution < -0.4 is 10.9 Å². The van der Waals surface area contributed by atoms with E-state index in [4.69, 9.17) is 0 Å². The Labute approximate surface area is 190 Å². The van der Waals surface area contributed by atoms with Crippen LogP contribution in [0.5, 0.6) is 0 Å². The molecule has 0 saturated carbocycles. The molecule has 2 atom stereocenters. The number of nitrogens with one attached hydrogen (secondary N) is 3. The largest absolute Gasteiger partial charge is 0.370 e. The average molecular weight is 440 g/mol. The summed E-state index contributed by atoms with van der Waals surface area (Å²) in [4.78, 5) is 30.0. The number of rotatable bonds is 6. The summed E-state index contributed by atoms with van der Waals surface area (Å²) in [5.74, 6) is 1.28. The predicted octanol–water partition coefficient (Wildman–Crippen LogP) is 4.42. The quantitative estimate of drug-likeness (QED) is 0.361. The Morgan fingerprint density at radius 2 is 1.88 bits per heavy atom. The molecule has 166 valence electrons. The average Bonchev–Trinajstić information content (AvgIpc) is 3.23. The zero-order valence-corrected chi connectivity index (χ0v) is 18.8. The molecule has 0 spiro atoms. The van der Waals surface area contributed by atoms with Crippen molar-refractivity contribution in [2.75, 3.05) is 11.9 Å². The van der Waals surface area contributed by atoms with Crippen LogP contribution in [0.3, 0.4) is 0 Å². The van der Waals surface area contributed by atoms with E-state index >= 15 is 0 Å². The van der Waals surface area contributed by atoms with Gasteiger partial charge in [0.15, 0.2) is 0 Å². The lowest BCUT2D eigenvalue weighted by molar-refractivity contribution is 0.513. The Bertz CT molecular complexity index is 1490. The number of aryl methyl sites for hydroxylation is 1. The fraction of sp³-hybridized carbons (Fsp3) is 0.240. The van der Waals surface area contributed by atoms with Crippen LogP contribution >= 0.6 is 0 Å². The van der Waals surface area contributed by atoms with Crippen molar-refractivity contribution in [1.82, 2.24) is 30.1 Å². The first-order valence-electron chi connectivity index (χ1n) is 11.0. The molecule has 5 rings (SSSR count). The van der Waals surface area contributed by atoms with Gasteiger partial charge in [-0.3, -0.25) is 25.0 Å². The summed E-state index contributed by atoms with van der Waals surface area (Å²) in [7, 11) is 0. The zero-order valence-electron chi connectivity index (χ0n) is 18.8. The van der Waals surface area contributed by atoms with Crippen molar-refractivity contribution in [1.29, 1.82) is 0 Å². The first kappa shape index (κ1) is 20.8. The lowest BCUT2D eigenvalue weighted by atomic mass is 9.87. The van der Waals surface area contributed by atoms with Crippen LogP contribution in [0.4, 0.5) is 5.82 Å². The molecule has 1 unspecified atom stereocenters. The van der Waals surface area contributed by atoms with Gasteiger partial charge in [-0.05, 0) is 36.5 Å². The highest BCUT2D eigenvalue weighted by molar-refractivity contribution is 6.04. The number of benzene rings is 1. The third kappa shape index (κ3) is 3.95. The van der Waals surface area contributed by atoms with E-state index in [-0.39, 0.29) is 17.4 Å². The summed E-state index contributed by atoms with van der Waals surface area (Å²) in [5, 5.41) is 10.5. The highest BCUT2D eigenvalue weighted by Gasteiger charge is 2.19. The lowest BCUT2D eigenvalue weighted by Gasteiger charge is -2.22. The van der Waals surface area contributed by atoms with Gasteiger partial charge in [0.25, 0.3) is 5.56 Å². The molecule has 0 bridgehead atoms. The van der Waals surface area contributed by atoms with Crippen LogP contribution in [-0.4, -0.2) is 36.7 Å². The molecule has 1 aromatic carbocycles. The summed E-state index contributed by atoms with van der Waals surface area (Å²) >= 11 is 0. The van der Waals surface area contributed by atoms with Crippen molar-refractivity contribution in [3.63, 3.8) is 0 Å². The third-order valence-electron chi connectivity index (χ3n) is 6.29. The van der Waals surface area contributed by atoms with E-state index in [0.717, 1.165) is 51.3 Å². The lowest BCUT2D eigenvalue weighted by Crippen LogP contribution is -2.18. The van der Waals surface area contributed by atoms with Crippen LogP contribution in [0.1, 0.15) is 31.0 Å². The number of hydrogen-bond acceptors (Lipinski definition) is 6. The SMILES string of the molecule is Cc1ccc(-c2cc(NC[C@@H](C)C(C)c3cccc4c3ncc3[nH][nH]c(=O)c34)ncn2)cn1. The third-order valence-corrected chi connectivity index (χ3v) is 6.29. The van der Waals surface area contributed by atoms with Gasteiger partial charge in [-0.2, -0.15) is 0 Å². The monoisotopic (exact) mass is 439 g/mol. The smallest absolute Gasteiger partial charge is 0.272 e. The maximum Gasteiger partial charge on any atom is 0.272 e. The van der Waals surface area contributed by atoms with E-state index in [2.05, 4.69) is 55.4 Å². The van der Waals surface area contributed by atoms with Gasteiger partial charge < -0.3 is 5.32 Å². The van der Waals surface area contributed by atoms with Crippen molar-refractivity contribution in [3.8, 4) is 11.3 Å². The molecule has 33 heavy (non-hydrogen) atoms. The normalized spacial score (nSPS) is 13.3. The number of aromatic amines is 2. The predicted molar refractivity (Wildman–Crippen MR) is 130 cm³/mol. The number of hydrogen-bond donors (Lipinski definition) is 3. The Morgan fingerprint density at radius 3 is 2.70 bits per heavy atom. The second kappa shape index (κ2) is 8.46. The van der Waals surface area contributed by atoms with Gasteiger partial charge in [0.05, 0.1) is 28.3 Å². The van der Waals surface area contributed by atoms with E-state index in [1.807, 2.05) is 43.5 Å². The van der Waals surface area contributed by atoms with E-state index in [1.54, 1.807) is 12.5 Å². The van der Waals surface area contributed by atoms with Crippen LogP contribution in [0.25, 0.3) is 33.1 Å². The molecule has 5 aromatic rings. The Morgan fingerprint density at radius 1 is 1.00 bits per heavy atom. The topological polar surface area (TPSA) is 112 Å². The molecule has 0 aliphatic rings. The molecular formula is C25H25N7O. The van der Waals surface area contributed by atoms with Crippen molar-refractivity contribution in [2.45, 2.75) is 26.7 Å². The van der Waals surface area contributed by atoms with Crippen LogP contribution in [0.15, 0.2) is 59.9 Å². The minimum Gasteiger partial charge on any atom is -0.370 e. The maximum atomic E-state index is 12.3. The molecule has 0 aliphatic heterocycles. The number of pyridine rings is 2. The highest BCUT2D eigenvalue weighted by atomic mass is 16.1. The summed E-state index contributed by atoms with van der Waals surface area (Å²) in [6.45, 7) is 7.08. The Balaban J connectivity index is 1.36. The second-order valence-electron chi connectivity index (χ2n) is 8.49. The van der Waals surface area contributed by atoms with Crippen molar-refractivity contribution >= 4 is 27.6 Å². The molecular weight excluding hydrogens is 414 g/mol. The number of anilines is 1. The standard InChI is InChI=1S/C25H25N7O/c1-14(10-27-22-9-20(29-13-30-22)17-8-7-15(2)26-11-17)16(3)18-5-4-6-19-23-21(12-28-24(18)19)31-32-25(23)33/h4-9,11-14,16H,10H2,1-3H3,(H,27,29,30)(H2,31,32,33)/t14-,16?/m1/s1. The minimum atomic E-state index is -0.125. The first-order valence-corrected chi connectivity index (χ1v) is 11.0. The molecule has 4 aromatic heterocycles. The van der Waals surface area contributed by atoms with E-state index in [9.17, 15) is 4.79 Å². The van der Waals surface area contributed by atoms with Gasteiger partial charge in [-0.25, -0.2) is 9.97 Å². The highest BCUT2D eigenvalue weighted by Crippen LogP contribution is 2.31. The van der Waals surface area contributed by atoms with Gasteiger partial charge in [0.1, 0.15) is 12.1 Å². The molecule has 0 aliphatic carbocycles. The van der Waals surface area contributed by atoms with Crippen molar-refractivity contribution < 1.29 is 0 Å². The van der Waals surface area contributed by atoms with Crippen LogP contribution in [0.2, 0.25) is 0 Å². The summed E-state index contributed by atoms with van der Waals surface area (Å²) in [6.07, 6.45) is 5.11. The fourth-order valence-electron chi connectivity index (χ4n) is 4.12. The van der Waals surface area contributed by atoms with Crippen LogP contribution in [-0.2, 0) is 0 Å². The Hall–Kier alpha value is -4.07. The Kier molecular flexibility index (Phi) is 5.34. The molecule has 8 nitrogen and oxygen atoms in total. The molecule has 0 amide bonds. The van der Waals surface area contributed by atoms with E-state index in [1.165, 1.54) is 0 Å². The van der Waals surface area contributed by atoms with Crippen molar-refractivity contribution in [3.05, 3.63) is 76.7 Å². The molecule has 0 radical (unpaired) electrons. The van der Waals surface area contributed by atoms with Gasteiger partial charge in [-0.15, -0.1) is 0 Å². The number of para-hydroxylation sites is 1. The zero-order chi connectivity index (χ0) is 22.9. The number of aromatic nitrogens is 6. The van der Waals surface area contributed by atoms with E-state index in [0.29, 0.717) is 5.39 Å². The molecule has 0 saturated heterocycles. The number of fused-ring (bicyclic) bond motifs is 3. The fourth-order valence-corrected chi connectivity index (χ4v) is 4.12. The van der Waals surface area contributed by atoms with Gasteiger partial charge in [0.2, 0.25) is 0 Å². The first-order chi connectivity index (χ1) is 16.0. The number of H-pyrrole nitrogens is 2. The van der Waals surface area contributed by atoms with E-state index < -0.39 is 0 Å². The molecule has 3 N–H and O–H groups in total. The summed E-state index contributed by atoms with van der Waals surface area (Å²) < 4.78 is 0. The van der Waals surface area contributed by atoms with Crippen LogP contribution in [0, 0.1) is 12.8 Å². The molecule has 4 heterocycles. The second-order valence-corrected chi connectivity index (χ2v) is 8.49. The molecule has 0 fully saturated rings. The van der Waals surface area contributed by atoms with Crippen molar-refractivity contribution in [2.24, 2.45) is 5.92 Å². The van der Waals surface area contributed by atoms with Gasteiger partial charge in [0, 0.05) is 35.5 Å².